The molecular weight excluding hydrogens is 360 g/mol. The average Bonchev–Trinajstić information content (AvgIpc) is 3.10. The Morgan fingerprint density at radius 3 is 2.48 bits per heavy atom. The Hall–Kier alpha value is -2.78. The molecule has 3 aromatic rings. The van der Waals surface area contributed by atoms with Gasteiger partial charge in [0, 0.05) is 23.6 Å². The van der Waals surface area contributed by atoms with Crippen LogP contribution in [0.15, 0.2) is 53.1 Å². The summed E-state index contributed by atoms with van der Waals surface area (Å²) in [6.07, 6.45) is 3.37. The number of nitrogens with one attached hydrogen (secondary N) is 1. The van der Waals surface area contributed by atoms with E-state index in [-0.39, 0.29) is 17.2 Å². The van der Waals surface area contributed by atoms with E-state index in [0.717, 1.165) is 10.6 Å². The molecule has 0 aliphatic heterocycles. The molecule has 3 rings (SSSR count). The third-order valence-corrected chi connectivity index (χ3v) is 5.18. The van der Waals surface area contributed by atoms with Gasteiger partial charge in [0.2, 0.25) is 5.91 Å². The molecule has 1 amide bonds. The third kappa shape index (κ3) is 4.61. The van der Waals surface area contributed by atoms with Gasteiger partial charge in [-0.25, -0.2) is 4.79 Å². The number of aromatic carboxylic acids is 1. The van der Waals surface area contributed by atoms with Crippen LogP contribution in [0.3, 0.4) is 0 Å². The van der Waals surface area contributed by atoms with Crippen LogP contribution in [0.5, 0.6) is 0 Å². The van der Waals surface area contributed by atoms with Crippen LogP contribution >= 0.6 is 23.1 Å². The van der Waals surface area contributed by atoms with Crippen molar-refractivity contribution in [3.8, 4) is 10.6 Å². The van der Waals surface area contributed by atoms with Crippen molar-refractivity contribution in [3.63, 3.8) is 0 Å². The second kappa shape index (κ2) is 7.86. The van der Waals surface area contributed by atoms with E-state index < -0.39 is 5.97 Å². The van der Waals surface area contributed by atoms with Gasteiger partial charge in [0.1, 0.15) is 5.01 Å². The number of carbonyl (C=O) groups is 2. The molecule has 0 bridgehead atoms. The number of hydrogen-bond acceptors (Lipinski definition) is 7. The summed E-state index contributed by atoms with van der Waals surface area (Å²) in [5.74, 6) is -1.02. The van der Waals surface area contributed by atoms with Crippen LogP contribution in [0, 0.1) is 0 Å². The van der Waals surface area contributed by atoms with E-state index in [1.165, 1.54) is 35.2 Å². The van der Waals surface area contributed by atoms with E-state index in [9.17, 15) is 9.59 Å². The maximum Gasteiger partial charge on any atom is 0.335 e. The quantitative estimate of drug-likeness (QED) is 0.641. The molecule has 9 heteroatoms. The molecule has 0 aliphatic rings. The second-order valence-electron chi connectivity index (χ2n) is 4.83. The van der Waals surface area contributed by atoms with Gasteiger partial charge >= 0.3 is 5.97 Å². The lowest BCUT2D eigenvalue weighted by atomic mass is 10.2. The highest BCUT2D eigenvalue weighted by molar-refractivity contribution is 8.01. The van der Waals surface area contributed by atoms with Crippen LogP contribution in [-0.2, 0) is 4.79 Å². The lowest BCUT2D eigenvalue weighted by Crippen LogP contribution is -2.14. The maximum absolute atomic E-state index is 12.0. The summed E-state index contributed by atoms with van der Waals surface area (Å²) in [5.41, 5.74) is 1.65. The SMILES string of the molecule is O=C(CSc1nnc(-c2ccncc2)s1)Nc1ccc(C(=O)O)cc1. The van der Waals surface area contributed by atoms with Gasteiger partial charge in [-0.3, -0.25) is 9.78 Å². The number of hydrogen-bond donors (Lipinski definition) is 2. The van der Waals surface area contributed by atoms with E-state index in [0.29, 0.717) is 10.0 Å². The highest BCUT2D eigenvalue weighted by atomic mass is 32.2. The van der Waals surface area contributed by atoms with Crippen molar-refractivity contribution in [1.82, 2.24) is 15.2 Å². The number of thioether (sulfide) groups is 1. The number of amides is 1. The standard InChI is InChI=1S/C16H12N4O3S2/c21-13(18-12-3-1-11(2-4-12)15(22)23)9-24-16-20-19-14(25-16)10-5-7-17-8-6-10/h1-8H,9H2,(H,18,21)(H,22,23). The smallest absolute Gasteiger partial charge is 0.335 e. The fourth-order valence-electron chi connectivity index (χ4n) is 1.90. The first-order valence-corrected chi connectivity index (χ1v) is 8.92. The van der Waals surface area contributed by atoms with Crippen LogP contribution < -0.4 is 5.32 Å². The minimum atomic E-state index is -1.00. The van der Waals surface area contributed by atoms with Crippen molar-refractivity contribution in [3.05, 3.63) is 54.4 Å². The summed E-state index contributed by atoms with van der Waals surface area (Å²) in [6.45, 7) is 0. The Balaban J connectivity index is 1.54. The number of benzene rings is 1. The molecule has 2 aromatic heterocycles. The van der Waals surface area contributed by atoms with E-state index in [1.807, 2.05) is 12.1 Å². The van der Waals surface area contributed by atoms with E-state index in [1.54, 1.807) is 24.5 Å². The summed E-state index contributed by atoms with van der Waals surface area (Å²) in [6, 6.07) is 9.69. The van der Waals surface area contributed by atoms with Gasteiger partial charge in [-0.15, -0.1) is 10.2 Å². The zero-order valence-electron chi connectivity index (χ0n) is 12.7. The number of carboxylic acids is 1. The van der Waals surface area contributed by atoms with Crippen LogP contribution in [0.2, 0.25) is 0 Å². The topological polar surface area (TPSA) is 105 Å². The minimum absolute atomic E-state index is 0.171. The molecule has 0 saturated heterocycles. The van der Waals surface area contributed by atoms with Crippen molar-refractivity contribution < 1.29 is 14.7 Å². The number of rotatable bonds is 6. The average molecular weight is 372 g/mol. The van der Waals surface area contributed by atoms with E-state index in [4.69, 9.17) is 5.11 Å². The molecule has 2 heterocycles. The van der Waals surface area contributed by atoms with E-state index in [2.05, 4.69) is 20.5 Å². The van der Waals surface area contributed by atoms with Crippen molar-refractivity contribution in [2.75, 3.05) is 11.1 Å². The molecule has 1 aromatic carbocycles. The van der Waals surface area contributed by atoms with Gasteiger partial charge in [0.15, 0.2) is 4.34 Å². The molecule has 0 saturated carbocycles. The molecule has 0 unspecified atom stereocenters. The first kappa shape index (κ1) is 17.1. The number of aromatic nitrogens is 3. The number of carboxylic acid groups (broad SMARTS) is 1. The van der Waals surface area contributed by atoms with Crippen LogP contribution in [0.4, 0.5) is 5.69 Å². The van der Waals surface area contributed by atoms with Gasteiger partial charge in [-0.2, -0.15) is 0 Å². The molecule has 0 spiro atoms. The Morgan fingerprint density at radius 1 is 1.08 bits per heavy atom. The van der Waals surface area contributed by atoms with Crippen molar-refractivity contribution >= 4 is 40.7 Å². The number of pyridine rings is 1. The summed E-state index contributed by atoms with van der Waals surface area (Å²) in [5, 5.41) is 20.5. The van der Waals surface area contributed by atoms with Crippen LogP contribution in [-0.4, -0.2) is 37.9 Å². The van der Waals surface area contributed by atoms with Crippen molar-refractivity contribution in [2.45, 2.75) is 4.34 Å². The van der Waals surface area contributed by atoms with E-state index >= 15 is 0 Å². The second-order valence-corrected chi connectivity index (χ2v) is 7.03. The van der Waals surface area contributed by atoms with Crippen LogP contribution in [0.25, 0.3) is 10.6 Å². The molecule has 0 fully saturated rings. The van der Waals surface area contributed by atoms with Gasteiger partial charge in [-0.05, 0) is 36.4 Å². The third-order valence-electron chi connectivity index (χ3n) is 3.08. The first-order valence-electron chi connectivity index (χ1n) is 7.12. The Kier molecular flexibility index (Phi) is 5.36. The maximum atomic E-state index is 12.0. The lowest BCUT2D eigenvalue weighted by Gasteiger charge is -2.04. The predicted octanol–water partition coefficient (Wildman–Crippen LogP) is 3.03. The Bertz CT molecular complexity index is 882. The molecule has 126 valence electrons. The Morgan fingerprint density at radius 2 is 1.80 bits per heavy atom. The fraction of sp³-hybridized carbons (Fsp3) is 0.0625. The zero-order valence-corrected chi connectivity index (χ0v) is 14.4. The molecule has 7 nitrogen and oxygen atoms in total. The van der Waals surface area contributed by atoms with Gasteiger partial charge < -0.3 is 10.4 Å². The first-order chi connectivity index (χ1) is 12.1. The fourth-order valence-corrected chi connectivity index (χ4v) is 3.56. The van der Waals surface area contributed by atoms with Crippen molar-refractivity contribution in [1.29, 1.82) is 0 Å². The number of carbonyl (C=O) groups excluding carboxylic acids is 1. The highest BCUT2D eigenvalue weighted by Gasteiger charge is 2.10. The number of anilines is 1. The lowest BCUT2D eigenvalue weighted by molar-refractivity contribution is -0.113. The normalized spacial score (nSPS) is 10.4. The number of nitrogens with zero attached hydrogens (tertiary/aromatic N) is 3. The molecule has 2 N–H and O–H groups in total. The van der Waals surface area contributed by atoms with Crippen molar-refractivity contribution in [2.24, 2.45) is 0 Å². The summed E-state index contributed by atoms with van der Waals surface area (Å²) in [4.78, 5) is 26.7. The molecular formula is C16H12N4O3S2. The summed E-state index contributed by atoms with van der Waals surface area (Å²) >= 11 is 2.70. The zero-order chi connectivity index (χ0) is 17.6. The van der Waals surface area contributed by atoms with Crippen LogP contribution in [0.1, 0.15) is 10.4 Å². The van der Waals surface area contributed by atoms with Gasteiger partial charge in [0.05, 0.1) is 11.3 Å². The predicted molar refractivity (Wildman–Crippen MR) is 95.9 cm³/mol. The van der Waals surface area contributed by atoms with Gasteiger partial charge in [-0.1, -0.05) is 23.1 Å². The Labute approximate surface area is 151 Å². The molecule has 0 radical (unpaired) electrons. The molecule has 0 aliphatic carbocycles. The summed E-state index contributed by atoms with van der Waals surface area (Å²) in [7, 11) is 0. The summed E-state index contributed by atoms with van der Waals surface area (Å²) < 4.78 is 0.697. The van der Waals surface area contributed by atoms with Gasteiger partial charge in [0.25, 0.3) is 0 Å². The minimum Gasteiger partial charge on any atom is -0.478 e. The highest BCUT2D eigenvalue weighted by Crippen LogP contribution is 2.28. The molecule has 0 atom stereocenters. The molecule has 25 heavy (non-hydrogen) atoms. The monoisotopic (exact) mass is 372 g/mol. The largest absolute Gasteiger partial charge is 0.478 e.